The molecule has 134 valence electrons. The van der Waals surface area contributed by atoms with Crippen LogP contribution in [0.2, 0.25) is 0 Å². The molecular weight excluding hydrogens is 326 g/mol. The van der Waals surface area contributed by atoms with Gasteiger partial charge in [0.2, 0.25) is 0 Å². The van der Waals surface area contributed by atoms with Crippen LogP contribution < -0.4 is 4.74 Å². The number of ether oxygens (including phenoxy) is 1. The zero-order valence-corrected chi connectivity index (χ0v) is 14.7. The van der Waals surface area contributed by atoms with Crippen LogP contribution in [0.4, 0.5) is 0 Å². The molecule has 1 fully saturated rings. The maximum absolute atomic E-state index is 6.05. The van der Waals surface area contributed by atoms with Crippen LogP contribution in [0.25, 0.3) is 0 Å². The van der Waals surface area contributed by atoms with Gasteiger partial charge in [0.25, 0.3) is 0 Å². The lowest BCUT2D eigenvalue weighted by Gasteiger charge is -2.33. The Morgan fingerprint density at radius 3 is 2.92 bits per heavy atom. The van der Waals surface area contributed by atoms with Crippen molar-refractivity contribution in [2.24, 2.45) is 5.92 Å². The van der Waals surface area contributed by atoms with E-state index in [1.807, 2.05) is 28.9 Å². The van der Waals surface area contributed by atoms with E-state index in [1.54, 1.807) is 25.0 Å². The fraction of sp³-hybridized carbons (Fsp3) is 0.350. The highest BCUT2D eigenvalue weighted by atomic mass is 16.5. The van der Waals surface area contributed by atoms with Gasteiger partial charge in [0.15, 0.2) is 0 Å². The quantitative estimate of drug-likeness (QED) is 0.683. The van der Waals surface area contributed by atoms with E-state index < -0.39 is 0 Å². The third kappa shape index (κ3) is 4.26. The number of para-hydroxylation sites is 1. The first kappa shape index (κ1) is 16.7. The topological polar surface area (TPSA) is 56.1 Å². The molecule has 1 aliphatic heterocycles. The highest BCUT2D eigenvalue weighted by Gasteiger charge is 2.21. The van der Waals surface area contributed by atoms with Gasteiger partial charge in [0.05, 0.1) is 6.20 Å². The maximum atomic E-state index is 6.05. The Labute approximate surface area is 153 Å². The standard InChI is InChI=1S/C20H23N5O/c1-2-8-20(26-19-7-3-9-21-11-19)18(6-1)14-24-10-4-5-17(12-24)13-25-16-22-15-23-25/h1-3,6-9,11,15-17H,4-5,10,12-14H2/t17-/m1/s1. The van der Waals surface area contributed by atoms with Crippen LogP contribution in [0.3, 0.4) is 0 Å². The Morgan fingerprint density at radius 1 is 1.12 bits per heavy atom. The predicted octanol–water partition coefficient (Wildman–Crippen LogP) is 3.38. The van der Waals surface area contributed by atoms with Gasteiger partial charge in [-0.25, -0.2) is 4.98 Å². The van der Waals surface area contributed by atoms with Gasteiger partial charge in [-0.05, 0) is 43.5 Å². The lowest BCUT2D eigenvalue weighted by atomic mass is 9.97. The van der Waals surface area contributed by atoms with Crippen molar-refractivity contribution in [2.45, 2.75) is 25.9 Å². The van der Waals surface area contributed by atoms with E-state index in [0.717, 1.165) is 37.7 Å². The number of aromatic nitrogens is 4. The fourth-order valence-electron chi connectivity index (χ4n) is 3.54. The average Bonchev–Trinajstić information content (AvgIpc) is 3.18. The van der Waals surface area contributed by atoms with E-state index in [1.165, 1.54) is 18.4 Å². The number of piperidine rings is 1. The van der Waals surface area contributed by atoms with Crippen LogP contribution in [0.15, 0.2) is 61.4 Å². The fourth-order valence-corrected chi connectivity index (χ4v) is 3.54. The third-order valence-electron chi connectivity index (χ3n) is 4.74. The average molecular weight is 349 g/mol. The van der Waals surface area contributed by atoms with Crippen LogP contribution in [-0.2, 0) is 13.1 Å². The van der Waals surface area contributed by atoms with Crippen molar-refractivity contribution in [1.29, 1.82) is 0 Å². The van der Waals surface area contributed by atoms with Gasteiger partial charge in [-0.2, -0.15) is 5.10 Å². The first-order valence-corrected chi connectivity index (χ1v) is 9.07. The zero-order valence-electron chi connectivity index (χ0n) is 14.7. The Kier molecular flexibility index (Phi) is 5.21. The molecule has 0 saturated carbocycles. The van der Waals surface area contributed by atoms with E-state index >= 15 is 0 Å². The molecule has 3 heterocycles. The van der Waals surface area contributed by atoms with Crippen molar-refractivity contribution >= 4 is 0 Å². The summed E-state index contributed by atoms with van der Waals surface area (Å²) in [6.07, 6.45) is 9.35. The Bertz CT molecular complexity index is 806. The van der Waals surface area contributed by atoms with E-state index in [-0.39, 0.29) is 0 Å². The molecule has 1 aromatic carbocycles. The lowest BCUT2D eigenvalue weighted by Crippen LogP contribution is -2.36. The molecule has 26 heavy (non-hydrogen) atoms. The highest BCUT2D eigenvalue weighted by Crippen LogP contribution is 2.27. The number of hydrogen-bond acceptors (Lipinski definition) is 5. The van der Waals surface area contributed by atoms with E-state index in [4.69, 9.17) is 4.74 Å². The summed E-state index contributed by atoms with van der Waals surface area (Å²) in [5.74, 6) is 2.28. The molecule has 0 aliphatic carbocycles. The number of rotatable bonds is 6. The minimum Gasteiger partial charge on any atom is -0.455 e. The molecule has 0 amide bonds. The van der Waals surface area contributed by atoms with Crippen LogP contribution in [-0.4, -0.2) is 37.7 Å². The molecule has 6 nitrogen and oxygen atoms in total. The first-order valence-electron chi connectivity index (χ1n) is 9.07. The molecule has 4 rings (SSSR count). The molecule has 0 radical (unpaired) electrons. The van der Waals surface area contributed by atoms with Gasteiger partial charge in [-0.15, -0.1) is 0 Å². The van der Waals surface area contributed by atoms with Crippen LogP contribution in [0.5, 0.6) is 11.5 Å². The summed E-state index contributed by atoms with van der Waals surface area (Å²) < 4.78 is 7.99. The Balaban J connectivity index is 1.42. The Hall–Kier alpha value is -2.73. The van der Waals surface area contributed by atoms with E-state index in [9.17, 15) is 0 Å². The second-order valence-electron chi connectivity index (χ2n) is 6.76. The van der Waals surface area contributed by atoms with E-state index in [0.29, 0.717) is 5.92 Å². The number of nitrogens with zero attached hydrogens (tertiary/aromatic N) is 5. The second kappa shape index (κ2) is 8.10. The molecule has 0 bridgehead atoms. The summed E-state index contributed by atoms with van der Waals surface area (Å²) in [6, 6.07) is 12.1. The first-order chi connectivity index (χ1) is 12.9. The van der Waals surface area contributed by atoms with Gasteiger partial charge in [-0.3, -0.25) is 14.6 Å². The zero-order chi connectivity index (χ0) is 17.6. The maximum Gasteiger partial charge on any atom is 0.145 e. The largest absolute Gasteiger partial charge is 0.455 e. The predicted molar refractivity (Wildman–Crippen MR) is 98.8 cm³/mol. The molecule has 0 spiro atoms. The molecule has 2 aromatic heterocycles. The molecule has 6 heteroatoms. The molecule has 0 N–H and O–H groups in total. The van der Waals surface area contributed by atoms with Crippen molar-refractivity contribution in [1.82, 2.24) is 24.6 Å². The molecule has 1 atom stereocenters. The summed E-state index contributed by atoms with van der Waals surface area (Å²) in [6.45, 7) is 4.02. The molecule has 3 aromatic rings. The summed E-state index contributed by atoms with van der Waals surface area (Å²) >= 11 is 0. The summed E-state index contributed by atoms with van der Waals surface area (Å²) in [4.78, 5) is 10.7. The highest BCUT2D eigenvalue weighted by molar-refractivity contribution is 5.37. The van der Waals surface area contributed by atoms with Crippen molar-refractivity contribution in [2.75, 3.05) is 13.1 Å². The molecule has 0 unspecified atom stereocenters. The van der Waals surface area contributed by atoms with Gasteiger partial charge >= 0.3 is 0 Å². The summed E-state index contributed by atoms with van der Waals surface area (Å²) in [7, 11) is 0. The van der Waals surface area contributed by atoms with Gasteiger partial charge in [0, 0.05) is 31.4 Å². The van der Waals surface area contributed by atoms with Crippen molar-refractivity contribution in [3.05, 3.63) is 67.0 Å². The monoisotopic (exact) mass is 349 g/mol. The number of hydrogen-bond donors (Lipinski definition) is 0. The van der Waals surface area contributed by atoms with Crippen LogP contribution in [0.1, 0.15) is 18.4 Å². The normalized spacial score (nSPS) is 17.9. The SMILES string of the molecule is c1cncc(Oc2ccccc2CN2CCC[C@@H](Cn3cncn3)C2)c1. The smallest absolute Gasteiger partial charge is 0.145 e. The third-order valence-corrected chi connectivity index (χ3v) is 4.74. The minimum absolute atomic E-state index is 0.608. The van der Waals surface area contributed by atoms with Crippen molar-refractivity contribution in [3.63, 3.8) is 0 Å². The van der Waals surface area contributed by atoms with E-state index in [2.05, 4.69) is 32.1 Å². The van der Waals surface area contributed by atoms with Crippen molar-refractivity contribution < 1.29 is 4.74 Å². The van der Waals surface area contributed by atoms with Gasteiger partial charge < -0.3 is 4.74 Å². The van der Waals surface area contributed by atoms with Gasteiger partial charge in [-0.1, -0.05) is 18.2 Å². The lowest BCUT2D eigenvalue weighted by molar-refractivity contribution is 0.152. The number of pyridine rings is 1. The van der Waals surface area contributed by atoms with Crippen molar-refractivity contribution in [3.8, 4) is 11.5 Å². The number of benzene rings is 1. The van der Waals surface area contributed by atoms with Crippen LogP contribution in [0, 0.1) is 5.92 Å². The molecular formula is C20H23N5O. The second-order valence-corrected chi connectivity index (χ2v) is 6.76. The summed E-state index contributed by atoms with van der Waals surface area (Å²) in [5.41, 5.74) is 1.21. The van der Waals surface area contributed by atoms with Crippen LogP contribution >= 0.6 is 0 Å². The minimum atomic E-state index is 0.608. The molecule has 1 aliphatic rings. The number of likely N-dealkylation sites (tertiary alicyclic amines) is 1. The molecule has 1 saturated heterocycles. The van der Waals surface area contributed by atoms with Gasteiger partial charge in [0.1, 0.15) is 24.2 Å². The summed E-state index contributed by atoms with van der Waals surface area (Å²) in [5, 5.41) is 4.24. The Morgan fingerprint density at radius 2 is 2.08 bits per heavy atom.